The first-order valence-corrected chi connectivity index (χ1v) is 8.54. The van der Waals surface area contributed by atoms with Crippen molar-refractivity contribution < 1.29 is 9.90 Å². The summed E-state index contributed by atoms with van der Waals surface area (Å²) in [5.74, 6) is -0.199. The fraction of sp³-hybridized carbons (Fsp3) is 0.158. The highest BCUT2D eigenvalue weighted by molar-refractivity contribution is 7.08. The lowest BCUT2D eigenvalue weighted by Gasteiger charge is -2.11. The van der Waals surface area contributed by atoms with Gasteiger partial charge in [-0.2, -0.15) is 11.3 Å². The van der Waals surface area contributed by atoms with E-state index >= 15 is 0 Å². The van der Waals surface area contributed by atoms with Gasteiger partial charge in [0.15, 0.2) is 0 Å². The Morgan fingerprint density at radius 3 is 2.71 bits per heavy atom. The van der Waals surface area contributed by atoms with Crippen LogP contribution in [0.4, 0.5) is 5.69 Å². The summed E-state index contributed by atoms with van der Waals surface area (Å²) in [6, 6.07) is 11.2. The van der Waals surface area contributed by atoms with E-state index in [1.54, 1.807) is 23.5 Å². The van der Waals surface area contributed by atoms with Crippen LogP contribution in [0.3, 0.4) is 0 Å². The monoisotopic (exact) mass is 338 g/mol. The van der Waals surface area contributed by atoms with Crippen LogP contribution in [0.5, 0.6) is 0 Å². The zero-order chi connectivity index (χ0) is 17.1. The lowest BCUT2D eigenvalue weighted by Crippen LogP contribution is -2.15. The molecule has 4 nitrogen and oxygen atoms in total. The van der Waals surface area contributed by atoms with E-state index in [0.29, 0.717) is 16.9 Å². The molecule has 5 heteroatoms. The molecule has 0 unspecified atom stereocenters. The van der Waals surface area contributed by atoms with Crippen molar-refractivity contribution in [1.82, 2.24) is 4.98 Å². The number of aryl methyl sites for hydroxylation is 2. The molecule has 0 aliphatic rings. The van der Waals surface area contributed by atoms with Gasteiger partial charge < -0.3 is 10.4 Å². The molecule has 0 radical (unpaired) electrons. The Bertz CT molecular complexity index is 873. The first kappa shape index (κ1) is 16.4. The Morgan fingerprint density at radius 2 is 2.04 bits per heavy atom. The summed E-state index contributed by atoms with van der Waals surface area (Å²) in [4.78, 5) is 17.1. The molecule has 2 aromatic heterocycles. The van der Waals surface area contributed by atoms with E-state index in [4.69, 9.17) is 0 Å². The number of aliphatic hydroxyl groups is 1. The minimum Gasteiger partial charge on any atom is -0.392 e. The van der Waals surface area contributed by atoms with Crippen LogP contribution in [0.25, 0.3) is 11.3 Å². The maximum absolute atomic E-state index is 12.6. The van der Waals surface area contributed by atoms with Crippen LogP contribution in [-0.2, 0) is 6.61 Å². The molecule has 0 fully saturated rings. The predicted octanol–water partition coefficient (Wildman–Crippen LogP) is 4.17. The molecule has 0 saturated carbocycles. The molecule has 0 aliphatic carbocycles. The van der Waals surface area contributed by atoms with Gasteiger partial charge in [0, 0.05) is 16.6 Å². The zero-order valence-electron chi connectivity index (χ0n) is 13.5. The SMILES string of the molecule is Cc1ccc(CO)cc1NC(=O)c1ccc(-c2ccsc2)nc1C. The number of rotatable bonds is 4. The smallest absolute Gasteiger partial charge is 0.257 e. The van der Waals surface area contributed by atoms with Crippen molar-refractivity contribution in [3.63, 3.8) is 0 Å². The van der Waals surface area contributed by atoms with Crippen LogP contribution in [0.15, 0.2) is 47.2 Å². The van der Waals surface area contributed by atoms with Gasteiger partial charge in [-0.1, -0.05) is 12.1 Å². The summed E-state index contributed by atoms with van der Waals surface area (Å²) in [5, 5.41) is 16.2. The van der Waals surface area contributed by atoms with Crippen molar-refractivity contribution in [3.8, 4) is 11.3 Å². The number of carbonyl (C=O) groups is 1. The number of carbonyl (C=O) groups excluding carboxylic acids is 1. The number of anilines is 1. The number of benzene rings is 1. The molecule has 3 aromatic rings. The maximum Gasteiger partial charge on any atom is 0.257 e. The van der Waals surface area contributed by atoms with Crippen LogP contribution in [0, 0.1) is 13.8 Å². The molecule has 0 atom stereocenters. The van der Waals surface area contributed by atoms with Crippen molar-refractivity contribution in [2.75, 3.05) is 5.32 Å². The van der Waals surface area contributed by atoms with Crippen LogP contribution in [-0.4, -0.2) is 16.0 Å². The molecule has 0 spiro atoms. The number of hydrogen-bond donors (Lipinski definition) is 2. The van der Waals surface area contributed by atoms with Crippen LogP contribution >= 0.6 is 11.3 Å². The third-order valence-corrected chi connectivity index (χ3v) is 4.56. The van der Waals surface area contributed by atoms with E-state index < -0.39 is 0 Å². The van der Waals surface area contributed by atoms with Crippen LogP contribution in [0.2, 0.25) is 0 Å². The number of aromatic nitrogens is 1. The minimum atomic E-state index is -0.199. The average molecular weight is 338 g/mol. The molecular formula is C19H18N2O2S. The van der Waals surface area contributed by atoms with Crippen LogP contribution < -0.4 is 5.32 Å². The summed E-state index contributed by atoms with van der Waals surface area (Å²) < 4.78 is 0. The van der Waals surface area contributed by atoms with Gasteiger partial charge in [0.25, 0.3) is 5.91 Å². The van der Waals surface area contributed by atoms with Crippen molar-refractivity contribution in [2.24, 2.45) is 0 Å². The van der Waals surface area contributed by atoms with Gasteiger partial charge in [0.05, 0.1) is 23.6 Å². The number of thiophene rings is 1. The Kier molecular flexibility index (Phi) is 4.74. The van der Waals surface area contributed by atoms with Gasteiger partial charge in [-0.05, 0) is 54.6 Å². The Hall–Kier alpha value is -2.50. The summed E-state index contributed by atoms with van der Waals surface area (Å²) >= 11 is 1.62. The fourth-order valence-electron chi connectivity index (χ4n) is 2.46. The summed E-state index contributed by atoms with van der Waals surface area (Å²) in [6.07, 6.45) is 0. The lowest BCUT2D eigenvalue weighted by atomic mass is 10.1. The Morgan fingerprint density at radius 1 is 1.21 bits per heavy atom. The van der Waals surface area contributed by atoms with E-state index in [1.165, 1.54) is 0 Å². The van der Waals surface area contributed by atoms with Crippen molar-refractivity contribution in [1.29, 1.82) is 0 Å². The van der Waals surface area contributed by atoms with Crippen molar-refractivity contribution in [2.45, 2.75) is 20.5 Å². The topological polar surface area (TPSA) is 62.2 Å². The quantitative estimate of drug-likeness (QED) is 0.750. The highest BCUT2D eigenvalue weighted by Gasteiger charge is 2.13. The molecule has 1 aromatic carbocycles. The van der Waals surface area contributed by atoms with E-state index in [0.717, 1.165) is 22.4 Å². The van der Waals surface area contributed by atoms with Crippen molar-refractivity contribution in [3.05, 3.63) is 69.5 Å². The number of nitrogens with one attached hydrogen (secondary N) is 1. The molecule has 122 valence electrons. The second kappa shape index (κ2) is 6.95. The first-order chi connectivity index (χ1) is 11.6. The maximum atomic E-state index is 12.6. The highest BCUT2D eigenvalue weighted by Crippen LogP contribution is 2.23. The van der Waals surface area contributed by atoms with Crippen LogP contribution in [0.1, 0.15) is 27.2 Å². The number of amides is 1. The number of hydrogen-bond acceptors (Lipinski definition) is 4. The zero-order valence-corrected chi connectivity index (χ0v) is 14.4. The van der Waals surface area contributed by atoms with E-state index in [2.05, 4.69) is 10.3 Å². The molecule has 2 N–H and O–H groups in total. The molecule has 1 amide bonds. The summed E-state index contributed by atoms with van der Waals surface area (Å²) in [6.45, 7) is 3.70. The normalized spacial score (nSPS) is 10.6. The van der Waals surface area contributed by atoms with Gasteiger partial charge in [-0.3, -0.25) is 9.78 Å². The second-order valence-electron chi connectivity index (χ2n) is 5.60. The third kappa shape index (κ3) is 3.37. The van der Waals surface area contributed by atoms with E-state index in [9.17, 15) is 9.90 Å². The van der Waals surface area contributed by atoms with Gasteiger partial charge in [-0.25, -0.2) is 0 Å². The summed E-state index contributed by atoms with van der Waals surface area (Å²) in [7, 11) is 0. The molecule has 2 heterocycles. The van der Waals surface area contributed by atoms with Gasteiger partial charge >= 0.3 is 0 Å². The van der Waals surface area contributed by atoms with E-state index in [-0.39, 0.29) is 12.5 Å². The molecular weight excluding hydrogens is 320 g/mol. The summed E-state index contributed by atoms with van der Waals surface area (Å²) in [5.41, 5.74) is 5.56. The van der Waals surface area contributed by atoms with Crippen molar-refractivity contribution >= 4 is 22.9 Å². The number of nitrogens with zero attached hydrogens (tertiary/aromatic N) is 1. The number of pyridine rings is 1. The van der Waals surface area contributed by atoms with Gasteiger partial charge in [-0.15, -0.1) is 0 Å². The Balaban J connectivity index is 1.85. The minimum absolute atomic E-state index is 0.0565. The van der Waals surface area contributed by atoms with Gasteiger partial charge in [0.2, 0.25) is 0 Å². The third-order valence-electron chi connectivity index (χ3n) is 3.88. The fourth-order valence-corrected chi connectivity index (χ4v) is 3.11. The standard InChI is InChI=1S/C19H18N2O2S/c1-12-3-4-14(10-22)9-18(12)21-19(23)16-5-6-17(20-13(16)2)15-7-8-24-11-15/h3-9,11,22H,10H2,1-2H3,(H,21,23). The van der Waals surface area contributed by atoms with Gasteiger partial charge in [0.1, 0.15) is 0 Å². The molecule has 24 heavy (non-hydrogen) atoms. The Labute approximate surface area is 144 Å². The molecule has 0 bridgehead atoms. The predicted molar refractivity (Wildman–Crippen MR) is 97.3 cm³/mol. The average Bonchev–Trinajstić information content (AvgIpc) is 3.11. The molecule has 0 saturated heterocycles. The highest BCUT2D eigenvalue weighted by atomic mass is 32.1. The molecule has 0 aliphatic heterocycles. The largest absolute Gasteiger partial charge is 0.392 e. The first-order valence-electron chi connectivity index (χ1n) is 7.60. The lowest BCUT2D eigenvalue weighted by molar-refractivity contribution is 0.102. The second-order valence-corrected chi connectivity index (χ2v) is 6.38. The van der Waals surface area contributed by atoms with E-state index in [1.807, 2.05) is 48.9 Å². The number of aliphatic hydroxyl groups excluding tert-OH is 1. The molecule has 3 rings (SSSR count).